The maximum absolute atomic E-state index is 5.52. The van der Waals surface area contributed by atoms with E-state index in [2.05, 4.69) is 50.9 Å². The van der Waals surface area contributed by atoms with Crippen molar-refractivity contribution >= 4 is 11.8 Å². The lowest BCUT2D eigenvalue weighted by Crippen LogP contribution is -2.04. The van der Waals surface area contributed by atoms with Crippen molar-refractivity contribution in [1.82, 2.24) is 19.7 Å². The van der Waals surface area contributed by atoms with E-state index in [9.17, 15) is 0 Å². The first-order chi connectivity index (χ1) is 13.8. The molecule has 1 aromatic carbocycles. The van der Waals surface area contributed by atoms with Gasteiger partial charge in [-0.25, -0.2) is 0 Å². The molecule has 0 fully saturated rings. The van der Waals surface area contributed by atoms with Gasteiger partial charge in [0, 0.05) is 11.9 Å². The van der Waals surface area contributed by atoms with Gasteiger partial charge >= 0.3 is 0 Å². The van der Waals surface area contributed by atoms with Crippen LogP contribution in [0.3, 0.4) is 0 Å². The van der Waals surface area contributed by atoms with Gasteiger partial charge in [-0.15, -0.1) is 10.2 Å². The van der Waals surface area contributed by atoms with Crippen LogP contribution >= 0.6 is 11.8 Å². The Balaban J connectivity index is 0.00000109. The molecule has 6 heteroatoms. The fraction of sp³-hybridized carbons (Fsp3) is 0.227. The van der Waals surface area contributed by atoms with Crippen LogP contribution in [0, 0.1) is 6.92 Å². The Morgan fingerprint density at radius 3 is 2.46 bits per heavy atom. The molecule has 0 atom stereocenters. The standard InChI is InChI=1S/C20H18N4OS.C2H6/c1-15-7-9-16(10-8-15)14-26-20-23-22-19(18-6-2-3-11-21-18)24(20)13-17-5-4-12-25-17;1-2/h2-12H,13-14H2,1H3;1-2H3. The SMILES string of the molecule is CC.Cc1ccc(CSc2nnc(-c3ccccn3)n2Cc2ccco2)cc1. The zero-order valence-electron chi connectivity index (χ0n) is 16.4. The minimum atomic E-state index is 0.572. The highest BCUT2D eigenvalue weighted by atomic mass is 32.2. The topological polar surface area (TPSA) is 56.7 Å². The molecule has 0 aliphatic heterocycles. The molecule has 5 nitrogen and oxygen atoms in total. The third-order valence-electron chi connectivity index (χ3n) is 3.99. The number of benzene rings is 1. The fourth-order valence-corrected chi connectivity index (χ4v) is 3.51. The first-order valence-corrected chi connectivity index (χ1v) is 10.3. The van der Waals surface area contributed by atoms with Crippen LogP contribution in [-0.4, -0.2) is 19.7 Å². The highest BCUT2D eigenvalue weighted by Crippen LogP contribution is 2.26. The molecule has 0 saturated carbocycles. The molecule has 0 saturated heterocycles. The van der Waals surface area contributed by atoms with E-state index in [1.54, 1.807) is 24.2 Å². The second-order valence-electron chi connectivity index (χ2n) is 5.96. The molecule has 0 radical (unpaired) electrons. The van der Waals surface area contributed by atoms with Crippen molar-refractivity contribution in [2.75, 3.05) is 0 Å². The number of furan rings is 1. The first kappa shape index (κ1) is 19.9. The lowest BCUT2D eigenvalue weighted by molar-refractivity contribution is 0.485. The van der Waals surface area contributed by atoms with E-state index in [1.807, 2.05) is 44.2 Å². The largest absolute Gasteiger partial charge is 0.467 e. The van der Waals surface area contributed by atoms with Gasteiger partial charge in [0.2, 0.25) is 0 Å². The maximum Gasteiger partial charge on any atom is 0.192 e. The van der Waals surface area contributed by atoms with Crippen LogP contribution in [0.5, 0.6) is 0 Å². The van der Waals surface area contributed by atoms with Crippen LogP contribution < -0.4 is 0 Å². The van der Waals surface area contributed by atoms with Crippen molar-refractivity contribution in [1.29, 1.82) is 0 Å². The van der Waals surface area contributed by atoms with Crippen LogP contribution in [0.25, 0.3) is 11.5 Å². The van der Waals surface area contributed by atoms with E-state index in [-0.39, 0.29) is 0 Å². The first-order valence-electron chi connectivity index (χ1n) is 9.35. The van der Waals surface area contributed by atoms with Gasteiger partial charge < -0.3 is 4.42 Å². The van der Waals surface area contributed by atoms with Crippen LogP contribution in [0.15, 0.2) is 76.6 Å². The van der Waals surface area contributed by atoms with Crippen molar-refractivity contribution in [3.63, 3.8) is 0 Å². The zero-order valence-corrected chi connectivity index (χ0v) is 17.2. The summed E-state index contributed by atoms with van der Waals surface area (Å²) in [4.78, 5) is 4.42. The van der Waals surface area contributed by atoms with Gasteiger partial charge in [0.15, 0.2) is 11.0 Å². The van der Waals surface area contributed by atoms with E-state index in [0.717, 1.165) is 28.2 Å². The average molecular weight is 393 g/mol. The summed E-state index contributed by atoms with van der Waals surface area (Å²) in [6.07, 6.45) is 3.44. The van der Waals surface area contributed by atoms with Gasteiger partial charge in [0.05, 0.1) is 12.8 Å². The van der Waals surface area contributed by atoms with Crippen molar-refractivity contribution in [3.05, 3.63) is 83.9 Å². The summed E-state index contributed by atoms with van der Waals surface area (Å²) >= 11 is 1.66. The van der Waals surface area contributed by atoms with Crippen molar-refractivity contribution in [2.24, 2.45) is 0 Å². The normalized spacial score (nSPS) is 10.4. The minimum Gasteiger partial charge on any atom is -0.467 e. The molecular formula is C22H24N4OS. The molecule has 4 aromatic rings. The Bertz CT molecular complexity index is 964. The molecule has 0 unspecified atom stereocenters. The summed E-state index contributed by atoms with van der Waals surface area (Å²) in [6, 6.07) is 18.2. The monoisotopic (exact) mass is 392 g/mol. The number of nitrogens with zero attached hydrogens (tertiary/aromatic N) is 4. The number of rotatable bonds is 6. The van der Waals surface area contributed by atoms with E-state index in [4.69, 9.17) is 4.42 Å². The second kappa shape index (κ2) is 9.90. The summed E-state index contributed by atoms with van der Waals surface area (Å²) in [5.41, 5.74) is 3.32. The maximum atomic E-state index is 5.52. The van der Waals surface area contributed by atoms with Gasteiger partial charge in [0.25, 0.3) is 0 Å². The zero-order chi connectivity index (χ0) is 19.8. The Morgan fingerprint density at radius 1 is 0.964 bits per heavy atom. The van der Waals surface area contributed by atoms with Crippen LogP contribution in [0.2, 0.25) is 0 Å². The fourth-order valence-electron chi connectivity index (χ4n) is 2.61. The molecule has 0 spiro atoms. The quantitative estimate of drug-likeness (QED) is 0.399. The lowest BCUT2D eigenvalue weighted by Gasteiger charge is -2.08. The molecule has 0 amide bonds. The minimum absolute atomic E-state index is 0.572. The third kappa shape index (κ3) is 4.89. The lowest BCUT2D eigenvalue weighted by atomic mass is 10.2. The Kier molecular flexibility index (Phi) is 7.03. The average Bonchev–Trinajstić information content (AvgIpc) is 3.40. The van der Waals surface area contributed by atoms with Gasteiger partial charge in [-0.3, -0.25) is 9.55 Å². The summed E-state index contributed by atoms with van der Waals surface area (Å²) in [7, 11) is 0. The van der Waals surface area contributed by atoms with E-state index < -0.39 is 0 Å². The molecule has 0 N–H and O–H groups in total. The summed E-state index contributed by atoms with van der Waals surface area (Å²) in [6.45, 7) is 6.66. The number of aryl methyl sites for hydroxylation is 1. The third-order valence-corrected chi connectivity index (χ3v) is 5.03. The molecule has 3 heterocycles. The predicted molar refractivity (Wildman–Crippen MR) is 113 cm³/mol. The molecule has 0 bridgehead atoms. The van der Waals surface area contributed by atoms with E-state index >= 15 is 0 Å². The van der Waals surface area contributed by atoms with Crippen LogP contribution in [0.4, 0.5) is 0 Å². The van der Waals surface area contributed by atoms with Crippen molar-refractivity contribution in [3.8, 4) is 11.5 Å². The Labute approximate surface area is 169 Å². The number of hydrogen-bond donors (Lipinski definition) is 0. The van der Waals surface area contributed by atoms with Crippen LogP contribution in [-0.2, 0) is 12.3 Å². The van der Waals surface area contributed by atoms with Crippen molar-refractivity contribution in [2.45, 2.75) is 38.2 Å². The number of pyridine rings is 1. The highest BCUT2D eigenvalue weighted by Gasteiger charge is 2.16. The molecule has 4 rings (SSSR count). The Hall–Kier alpha value is -2.86. The number of hydrogen-bond acceptors (Lipinski definition) is 5. The smallest absolute Gasteiger partial charge is 0.192 e. The Morgan fingerprint density at radius 2 is 1.79 bits per heavy atom. The molecular weight excluding hydrogens is 368 g/mol. The number of thioether (sulfide) groups is 1. The van der Waals surface area contributed by atoms with Gasteiger partial charge in [-0.2, -0.15) is 0 Å². The predicted octanol–water partition coefficient (Wildman–Crippen LogP) is 5.61. The molecule has 3 aromatic heterocycles. The summed E-state index contributed by atoms with van der Waals surface area (Å²) < 4.78 is 7.58. The van der Waals surface area contributed by atoms with E-state index in [0.29, 0.717) is 6.54 Å². The molecule has 0 aliphatic rings. The van der Waals surface area contributed by atoms with Gasteiger partial charge in [-0.05, 0) is 36.8 Å². The van der Waals surface area contributed by atoms with Crippen LogP contribution in [0.1, 0.15) is 30.7 Å². The molecule has 0 aliphatic carbocycles. The van der Waals surface area contributed by atoms with Gasteiger partial charge in [-0.1, -0.05) is 61.5 Å². The van der Waals surface area contributed by atoms with Crippen molar-refractivity contribution < 1.29 is 4.42 Å². The second-order valence-corrected chi connectivity index (χ2v) is 6.90. The summed E-state index contributed by atoms with van der Waals surface area (Å²) in [5, 5.41) is 9.63. The summed E-state index contributed by atoms with van der Waals surface area (Å²) in [5.74, 6) is 2.44. The molecule has 28 heavy (non-hydrogen) atoms. The number of aromatic nitrogens is 4. The molecule has 144 valence electrons. The highest BCUT2D eigenvalue weighted by molar-refractivity contribution is 7.98. The van der Waals surface area contributed by atoms with E-state index in [1.165, 1.54) is 11.1 Å². The van der Waals surface area contributed by atoms with Gasteiger partial charge in [0.1, 0.15) is 11.5 Å².